The summed E-state index contributed by atoms with van der Waals surface area (Å²) < 4.78 is 0. The third kappa shape index (κ3) is 2.04. The van der Waals surface area contributed by atoms with Crippen LogP contribution in [0.1, 0.15) is 55.1 Å². The van der Waals surface area contributed by atoms with Gasteiger partial charge in [0.25, 0.3) is 0 Å². The van der Waals surface area contributed by atoms with Crippen molar-refractivity contribution < 1.29 is 0 Å². The Morgan fingerprint density at radius 2 is 2.24 bits per heavy atom. The monoisotopic (exact) mass is 250 g/mol. The first-order chi connectivity index (χ1) is 8.24. The van der Waals surface area contributed by atoms with Crippen molar-refractivity contribution >= 4 is 11.3 Å². The van der Waals surface area contributed by atoms with Gasteiger partial charge in [0.05, 0.1) is 11.2 Å². The number of aromatic nitrogens is 1. The van der Waals surface area contributed by atoms with Gasteiger partial charge in [-0.2, -0.15) is 0 Å². The fraction of sp³-hybridized carbons (Fsp3) is 0.786. The van der Waals surface area contributed by atoms with E-state index in [4.69, 9.17) is 4.98 Å². The minimum atomic E-state index is 0.158. The first kappa shape index (κ1) is 11.7. The molecule has 0 radical (unpaired) electrons. The molecule has 1 heterocycles. The molecule has 2 aliphatic carbocycles. The van der Waals surface area contributed by atoms with Gasteiger partial charge < -0.3 is 5.32 Å². The molecule has 0 saturated heterocycles. The van der Waals surface area contributed by atoms with Crippen LogP contribution in [0.5, 0.6) is 0 Å². The lowest BCUT2D eigenvalue weighted by atomic mass is 9.96. The van der Waals surface area contributed by atoms with Crippen LogP contribution in [0.2, 0.25) is 0 Å². The highest BCUT2D eigenvalue weighted by Crippen LogP contribution is 2.47. The van der Waals surface area contributed by atoms with E-state index in [0.29, 0.717) is 0 Å². The second-order valence-corrected chi connectivity index (χ2v) is 6.73. The number of nitrogens with zero attached hydrogens (tertiary/aromatic N) is 1. The maximum Gasteiger partial charge on any atom is 0.113 e. The van der Waals surface area contributed by atoms with Crippen LogP contribution in [0.3, 0.4) is 0 Å². The lowest BCUT2D eigenvalue weighted by Crippen LogP contribution is -2.42. The molecule has 1 aromatic rings. The predicted molar refractivity (Wildman–Crippen MR) is 72.5 cm³/mol. The summed E-state index contributed by atoms with van der Waals surface area (Å²) >= 11 is 1.97. The van der Waals surface area contributed by atoms with Gasteiger partial charge in [-0.1, -0.05) is 6.92 Å². The van der Waals surface area contributed by atoms with Crippen molar-refractivity contribution in [2.45, 2.75) is 57.9 Å². The van der Waals surface area contributed by atoms with Gasteiger partial charge in [-0.05, 0) is 57.9 Å². The molecule has 1 fully saturated rings. The fourth-order valence-corrected chi connectivity index (χ4v) is 4.20. The molecular weight excluding hydrogens is 228 g/mol. The van der Waals surface area contributed by atoms with Crippen molar-refractivity contribution in [1.29, 1.82) is 0 Å². The smallest absolute Gasteiger partial charge is 0.113 e. The van der Waals surface area contributed by atoms with Gasteiger partial charge in [0.2, 0.25) is 0 Å². The molecular formula is C14H22N2S. The van der Waals surface area contributed by atoms with Crippen LogP contribution in [-0.4, -0.2) is 11.5 Å². The quantitative estimate of drug-likeness (QED) is 0.867. The van der Waals surface area contributed by atoms with E-state index in [9.17, 15) is 0 Å². The average Bonchev–Trinajstić information content (AvgIpc) is 2.95. The zero-order valence-electron chi connectivity index (χ0n) is 10.9. The van der Waals surface area contributed by atoms with Crippen LogP contribution < -0.4 is 5.32 Å². The molecule has 3 heteroatoms. The second-order valence-electron chi connectivity index (χ2n) is 5.65. The van der Waals surface area contributed by atoms with Crippen molar-refractivity contribution in [2.75, 3.05) is 6.54 Å². The minimum absolute atomic E-state index is 0.158. The van der Waals surface area contributed by atoms with E-state index >= 15 is 0 Å². The van der Waals surface area contributed by atoms with E-state index in [1.54, 1.807) is 4.88 Å². The lowest BCUT2D eigenvalue weighted by molar-refractivity contribution is 0.317. The molecule has 0 amide bonds. The molecule has 2 nitrogen and oxygen atoms in total. The molecule has 0 bridgehead atoms. The third-order valence-electron chi connectivity index (χ3n) is 4.18. The highest BCUT2D eigenvalue weighted by atomic mass is 32.1. The Kier molecular flexibility index (Phi) is 2.99. The Labute approximate surface area is 108 Å². The first-order valence-corrected chi connectivity index (χ1v) is 7.79. The molecule has 94 valence electrons. The topological polar surface area (TPSA) is 24.9 Å². The Bertz CT molecular complexity index is 387. The van der Waals surface area contributed by atoms with Crippen LogP contribution in [0.25, 0.3) is 0 Å². The molecule has 1 unspecified atom stereocenters. The number of rotatable bonds is 5. The largest absolute Gasteiger partial charge is 0.305 e. The molecule has 2 aliphatic rings. The van der Waals surface area contributed by atoms with E-state index in [-0.39, 0.29) is 5.54 Å². The number of fused-ring (bicyclic) bond motifs is 1. The van der Waals surface area contributed by atoms with Gasteiger partial charge in [-0.15, -0.1) is 11.3 Å². The van der Waals surface area contributed by atoms with Crippen LogP contribution in [-0.2, 0) is 18.4 Å². The first-order valence-electron chi connectivity index (χ1n) is 6.98. The molecule has 3 rings (SSSR count). The van der Waals surface area contributed by atoms with Gasteiger partial charge in [0.15, 0.2) is 0 Å². The van der Waals surface area contributed by atoms with Gasteiger partial charge in [-0.3, -0.25) is 0 Å². The van der Waals surface area contributed by atoms with Gasteiger partial charge in [-0.25, -0.2) is 4.98 Å². The van der Waals surface area contributed by atoms with E-state index in [2.05, 4.69) is 19.2 Å². The maximum atomic E-state index is 4.93. The molecule has 1 N–H and O–H groups in total. The Morgan fingerprint density at radius 3 is 2.88 bits per heavy atom. The molecule has 1 atom stereocenters. The van der Waals surface area contributed by atoms with Gasteiger partial charge in [0.1, 0.15) is 5.01 Å². The average molecular weight is 250 g/mol. The van der Waals surface area contributed by atoms with Crippen molar-refractivity contribution in [3.05, 3.63) is 15.6 Å². The summed E-state index contributed by atoms with van der Waals surface area (Å²) in [4.78, 5) is 6.49. The fourth-order valence-electron chi connectivity index (χ4n) is 2.85. The minimum Gasteiger partial charge on any atom is -0.305 e. The number of thiazole rings is 1. The standard InChI is InChI=1S/C14H22N2S/c1-3-9-15-14(2,10-7-8-10)13-16-11-5-4-6-12(11)17-13/h10,15H,3-9H2,1-2H3. The molecule has 0 aliphatic heterocycles. The SMILES string of the molecule is CCCNC(C)(c1nc2c(s1)CCC2)C1CC1. The van der Waals surface area contributed by atoms with Gasteiger partial charge in [0, 0.05) is 4.88 Å². The number of hydrogen-bond acceptors (Lipinski definition) is 3. The van der Waals surface area contributed by atoms with E-state index < -0.39 is 0 Å². The molecule has 17 heavy (non-hydrogen) atoms. The Balaban J connectivity index is 1.86. The normalized spacial score (nSPS) is 22.5. The molecule has 0 spiro atoms. The maximum absolute atomic E-state index is 4.93. The summed E-state index contributed by atoms with van der Waals surface area (Å²) in [5, 5.41) is 5.12. The molecule has 1 saturated carbocycles. The lowest BCUT2D eigenvalue weighted by Gasteiger charge is -2.29. The number of hydrogen-bond donors (Lipinski definition) is 1. The van der Waals surface area contributed by atoms with Crippen molar-refractivity contribution in [2.24, 2.45) is 5.92 Å². The van der Waals surface area contributed by atoms with Crippen molar-refractivity contribution in [1.82, 2.24) is 10.3 Å². The van der Waals surface area contributed by atoms with E-state index in [1.165, 1.54) is 49.2 Å². The van der Waals surface area contributed by atoms with Crippen LogP contribution in [0.4, 0.5) is 0 Å². The zero-order valence-corrected chi connectivity index (χ0v) is 11.7. The Hall–Kier alpha value is -0.410. The van der Waals surface area contributed by atoms with Crippen molar-refractivity contribution in [3.63, 3.8) is 0 Å². The van der Waals surface area contributed by atoms with Crippen LogP contribution >= 0.6 is 11.3 Å². The molecule has 1 aromatic heterocycles. The van der Waals surface area contributed by atoms with Gasteiger partial charge >= 0.3 is 0 Å². The van der Waals surface area contributed by atoms with E-state index in [0.717, 1.165) is 12.5 Å². The summed E-state index contributed by atoms with van der Waals surface area (Å²) in [6.45, 7) is 5.72. The van der Waals surface area contributed by atoms with Crippen LogP contribution in [0.15, 0.2) is 0 Å². The number of aryl methyl sites for hydroxylation is 2. The number of nitrogens with one attached hydrogen (secondary N) is 1. The summed E-state index contributed by atoms with van der Waals surface area (Å²) in [6, 6.07) is 0. The Morgan fingerprint density at radius 1 is 1.41 bits per heavy atom. The summed E-state index contributed by atoms with van der Waals surface area (Å²) in [5.74, 6) is 0.820. The van der Waals surface area contributed by atoms with Crippen molar-refractivity contribution in [3.8, 4) is 0 Å². The third-order valence-corrected chi connectivity index (χ3v) is 5.57. The molecule has 0 aromatic carbocycles. The highest BCUT2D eigenvalue weighted by molar-refractivity contribution is 7.12. The summed E-state index contributed by atoms with van der Waals surface area (Å²) in [7, 11) is 0. The zero-order chi connectivity index (χ0) is 11.9. The second kappa shape index (κ2) is 4.36. The summed E-state index contributed by atoms with van der Waals surface area (Å²) in [6.07, 6.45) is 7.74. The van der Waals surface area contributed by atoms with E-state index in [1.807, 2.05) is 11.3 Å². The predicted octanol–water partition coefficient (Wildman–Crippen LogP) is 3.26. The van der Waals surface area contributed by atoms with Crippen LogP contribution in [0, 0.1) is 5.92 Å². The summed E-state index contributed by atoms with van der Waals surface area (Å²) in [5.41, 5.74) is 1.56. The highest BCUT2D eigenvalue weighted by Gasteiger charge is 2.44.